The van der Waals surface area contributed by atoms with Gasteiger partial charge in [-0.3, -0.25) is 4.79 Å². The van der Waals surface area contributed by atoms with Crippen molar-refractivity contribution in [2.45, 2.75) is 13.8 Å². The quantitative estimate of drug-likeness (QED) is 0.557. The van der Waals surface area contributed by atoms with Gasteiger partial charge in [0.25, 0.3) is 0 Å². The fraction of sp³-hybridized carbons (Fsp3) is 0.333. The monoisotopic (exact) mass is 141 g/mol. The Morgan fingerprint density at radius 2 is 2.44 bits per heavy atom. The van der Waals surface area contributed by atoms with Gasteiger partial charge in [-0.1, -0.05) is 0 Å². The van der Waals surface area contributed by atoms with E-state index in [0.29, 0.717) is 0 Å². The minimum atomic E-state index is 0.0978. The van der Waals surface area contributed by atoms with E-state index >= 15 is 0 Å². The van der Waals surface area contributed by atoms with Gasteiger partial charge in [0.05, 0.1) is 9.88 Å². The van der Waals surface area contributed by atoms with Crippen molar-refractivity contribution in [2.24, 2.45) is 0 Å². The van der Waals surface area contributed by atoms with Crippen LogP contribution in [0.3, 0.4) is 0 Å². The summed E-state index contributed by atoms with van der Waals surface area (Å²) in [4.78, 5) is 15.3. The van der Waals surface area contributed by atoms with Crippen molar-refractivity contribution in [2.75, 3.05) is 0 Å². The summed E-state index contributed by atoms with van der Waals surface area (Å²) < 4.78 is 0. The first-order valence-corrected chi connectivity index (χ1v) is 3.45. The molecule has 0 aromatic carbocycles. The van der Waals surface area contributed by atoms with E-state index in [4.69, 9.17) is 0 Å². The third-order valence-electron chi connectivity index (χ3n) is 0.968. The molecular weight excluding hydrogens is 134 g/mol. The van der Waals surface area contributed by atoms with Gasteiger partial charge in [0.1, 0.15) is 0 Å². The van der Waals surface area contributed by atoms with Gasteiger partial charge in [-0.2, -0.15) is 0 Å². The molecule has 0 aliphatic rings. The van der Waals surface area contributed by atoms with Gasteiger partial charge in [0, 0.05) is 13.1 Å². The molecule has 0 fully saturated rings. The van der Waals surface area contributed by atoms with Gasteiger partial charge in [0.2, 0.25) is 0 Å². The molecule has 48 valence electrons. The van der Waals surface area contributed by atoms with Crippen LogP contribution in [0, 0.1) is 6.92 Å². The fourth-order valence-corrected chi connectivity index (χ4v) is 1.20. The second kappa shape index (κ2) is 2.27. The average Bonchev–Trinajstić information content (AvgIpc) is 2.14. The Morgan fingerprint density at radius 3 is 2.67 bits per heavy atom. The maximum Gasteiger partial charge on any atom is 0.171 e. The third-order valence-corrected chi connectivity index (χ3v) is 1.98. The normalized spacial score (nSPS) is 9.56. The molecule has 0 spiro atoms. The molecule has 0 bridgehead atoms. The number of aromatic nitrogens is 1. The van der Waals surface area contributed by atoms with Gasteiger partial charge >= 0.3 is 0 Å². The van der Waals surface area contributed by atoms with Crippen molar-refractivity contribution in [3.05, 3.63) is 16.1 Å². The molecular formula is C6H7NOS. The smallest absolute Gasteiger partial charge is 0.171 e. The number of hydrogen-bond donors (Lipinski definition) is 0. The summed E-state index contributed by atoms with van der Waals surface area (Å²) in [6, 6.07) is 0. The summed E-state index contributed by atoms with van der Waals surface area (Å²) in [7, 11) is 0. The number of aryl methyl sites for hydroxylation is 1. The minimum Gasteiger partial charge on any atom is -0.294 e. The number of thiazole rings is 1. The Kier molecular flexibility index (Phi) is 1.62. The van der Waals surface area contributed by atoms with Crippen LogP contribution in [-0.2, 0) is 0 Å². The van der Waals surface area contributed by atoms with E-state index in [1.54, 1.807) is 13.1 Å². The molecule has 0 aliphatic carbocycles. The number of rotatable bonds is 1. The Morgan fingerprint density at radius 1 is 1.78 bits per heavy atom. The summed E-state index contributed by atoms with van der Waals surface area (Å²) >= 11 is 1.44. The molecule has 1 aromatic rings. The molecule has 0 amide bonds. The Bertz CT molecular complexity index is 229. The molecule has 3 heteroatoms. The Labute approximate surface area is 57.5 Å². The molecule has 0 atom stereocenters. The van der Waals surface area contributed by atoms with Crippen LogP contribution in [0.15, 0.2) is 6.20 Å². The minimum absolute atomic E-state index is 0.0978. The van der Waals surface area contributed by atoms with Crippen molar-refractivity contribution in [1.29, 1.82) is 0 Å². The summed E-state index contributed by atoms with van der Waals surface area (Å²) in [5.74, 6) is 0.0978. The van der Waals surface area contributed by atoms with Crippen LogP contribution < -0.4 is 0 Å². The molecule has 0 N–H and O–H groups in total. The second-order valence-corrected chi connectivity index (χ2v) is 3.03. The molecule has 1 aromatic heterocycles. The lowest BCUT2D eigenvalue weighted by Gasteiger charge is -1.79. The Hall–Kier alpha value is -0.700. The molecule has 0 saturated heterocycles. The summed E-state index contributed by atoms with van der Waals surface area (Å²) in [6.45, 7) is 3.43. The van der Waals surface area contributed by atoms with Gasteiger partial charge in [0.15, 0.2) is 5.78 Å². The molecule has 1 rings (SSSR count). The molecule has 0 radical (unpaired) electrons. The summed E-state index contributed by atoms with van der Waals surface area (Å²) in [5, 5.41) is 0.945. The van der Waals surface area contributed by atoms with E-state index in [0.717, 1.165) is 9.88 Å². The number of nitrogens with zero attached hydrogens (tertiary/aromatic N) is 1. The van der Waals surface area contributed by atoms with Crippen LogP contribution >= 0.6 is 11.3 Å². The summed E-state index contributed by atoms with van der Waals surface area (Å²) in [5.41, 5.74) is 0. The van der Waals surface area contributed by atoms with E-state index in [-0.39, 0.29) is 5.78 Å². The van der Waals surface area contributed by atoms with Crippen molar-refractivity contribution in [1.82, 2.24) is 4.98 Å². The van der Waals surface area contributed by atoms with Crippen molar-refractivity contribution >= 4 is 17.1 Å². The zero-order chi connectivity index (χ0) is 6.85. The number of ketones is 1. The maximum absolute atomic E-state index is 10.6. The van der Waals surface area contributed by atoms with E-state index < -0.39 is 0 Å². The molecule has 0 unspecified atom stereocenters. The maximum atomic E-state index is 10.6. The first kappa shape index (κ1) is 6.42. The van der Waals surface area contributed by atoms with Crippen LogP contribution in [0.1, 0.15) is 21.6 Å². The van der Waals surface area contributed by atoms with E-state index in [1.807, 2.05) is 6.92 Å². The van der Waals surface area contributed by atoms with Crippen molar-refractivity contribution < 1.29 is 4.79 Å². The zero-order valence-electron chi connectivity index (χ0n) is 5.34. The molecule has 2 nitrogen and oxygen atoms in total. The van der Waals surface area contributed by atoms with Gasteiger partial charge in [-0.15, -0.1) is 11.3 Å². The second-order valence-electron chi connectivity index (χ2n) is 1.80. The predicted octanol–water partition coefficient (Wildman–Crippen LogP) is 1.65. The lowest BCUT2D eigenvalue weighted by Crippen LogP contribution is -1.83. The number of hydrogen-bond acceptors (Lipinski definition) is 3. The lowest BCUT2D eigenvalue weighted by molar-refractivity contribution is 0.102. The third kappa shape index (κ3) is 1.36. The summed E-state index contributed by atoms with van der Waals surface area (Å²) in [6.07, 6.45) is 1.61. The number of carbonyl (C=O) groups excluding carboxylic acids is 1. The standard InChI is InChI=1S/C6H7NOS/c1-4(8)6-3-7-5(2)9-6/h3H,1-2H3. The molecule has 0 aliphatic heterocycles. The largest absolute Gasteiger partial charge is 0.294 e. The van der Waals surface area contributed by atoms with E-state index in [9.17, 15) is 4.79 Å². The van der Waals surface area contributed by atoms with Gasteiger partial charge < -0.3 is 0 Å². The van der Waals surface area contributed by atoms with Crippen LogP contribution in [0.4, 0.5) is 0 Å². The zero-order valence-corrected chi connectivity index (χ0v) is 6.16. The van der Waals surface area contributed by atoms with Crippen LogP contribution in [0.25, 0.3) is 0 Å². The van der Waals surface area contributed by atoms with Crippen LogP contribution in [0.2, 0.25) is 0 Å². The van der Waals surface area contributed by atoms with Gasteiger partial charge in [-0.05, 0) is 6.92 Å². The van der Waals surface area contributed by atoms with Crippen LogP contribution in [-0.4, -0.2) is 10.8 Å². The molecule has 9 heavy (non-hydrogen) atoms. The highest BCUT2D eigenvalue weighted by Crippen LogP contribution is 2.10. The van der Waals surface area contributed by atoms with Crippen molar-refractivity contribution in [3.8, 4) is 0 Å². The first-order valence-electron chi connectivity index (χ1n) is 2.63. The molecule has 0 saturated carbocycles. The SMILES string of the molecule is CC(=O)c1cnc(C)s1. The van der Waals surface area contributed by atoms with Crippen LogP contribution in [0.5, 0.6) is 0 Å². The van der Waals surface area contributed by atoms with E-state index in [1.165, 1.54) is 11.3 Å². The number of carbonyl (C=O) groups is 1. The fourth-order valence-electron chi connectivity index (χ4n) is 0.524. The van der Waals surface area contributed by atoms with Crippen molar-refractivity contribution in [3.63, 3.8) is 0 Å². The topological polar surface area (TPSA) is 30.0 Å². The predicted molar refractivity (Wildman–Crippen MR) is 36.9 cm³/mol. The highest BCUT2D eigenvalue weighted by Gasteiger charge is 2.00. The van der Waals surface area contributed by atoms with Gasteiger partial charge in [-0.25, -0.2) is 4.98 Å². The van der Waals surface area contributed by atoms with E-state index in [2.05, 4.69) is 4.98 Å². The lowest BCUT2D eigenvalue weighted by atomic mass is 10.4. The average molecular weight is 141 g/mol. The first-order chi connectivity index (χ1) is 4.20. The number of Topliss-reactive ketones (excluding diaryl/α,β-unsaturated/α-hetero) is 1. The highest BCUT2D eigenvalue weighted by atomic mass is 32.1. The highest BCUT2D eigenvalue weighted by molar-refractivity contribution is 7.13. The Balaban J connectivity index is 2.98. The molecule has 1 heterocycles.